The summed E-state index contributed by atoms with van der Waals surface area (Å²) < 4.78 is 5.13. The highest BCUT2D eigenvalue weighted by atomic mass is 16.5. The first-order valence-electron chi connectivity index (χ1n) is 5.77. The van der Waals surface area contributed by atoms with Crippen molar-refractivity contribution in [3.63, 3.8) is 0 Å². The molecule has 0 heterocycles. The molecule has 0 spiro atoms. The Kier molecular flexibility index (Phi) is 4.55. The minimum absolute atomic E-state index is 0.384. The average Bonchev–Trinajstić information content (AvgIpc) is 2.28. The van der Waals surface area contributed by atoms with Crippen molar-refractivity contribution in [3.05, 3.63) is 24.3 Å². The standard InChI is InChI=1S/C13H20N2O3/c1-9(16)13(2,3)15-12(17)14-10-7-5-6-8-11(10)18-4/h5-9,16H,1-4H3,(H2,14,15,17). The van der Waals surface area contributed by atoms with Crippen LogP contribution in [0.4, 0.5) is 10.5 Å². The van der Waals surface area contributed by atoms with Crippen LogP contribution in [0.15, 0.2) is 24.3 Å². The molecule has 1 atom stereocenters. The van der Waals surface area contributed by atoms with Gasteiger partial charge in [-0.05, 0) is 32.9 Å². The van der Waals surface area contributed by atoms with E-state index in [0.717, 1.165) is 0 Å². The number of carbonyl (C=O) groups is 1. The van der Waals surface area contributed by atoms with Crippen LogP contribution >= 0.6 is 0 Å². The zero-order chi connectivity index (χ0) is 13.8. The molecule has 1 aromatic carbocycles. The Morgan fingerprint density at radius 3 is 2.56 bits per heavy atom. The molecule has 0 radical (unpaired) electrons. The number of rotatable bonds is 4. The quantitative estimate of drug-likeness (QED) is 0.767. The van der Waals surface area contributed by atoms with E-state index >= 15 is 0 Å². The summed E-state index contributed by atoms with van der Waals surface area (Å²) in [6.45, 7) is 5.13. The summed E-state index contributed by atoms with van der Waals surface area (Å²) in [5.41, 5.74) is -0.120. The molecule has 0 saturated carbocycles. The van der Waals surface area contributed by atoms with Gasteiger partial charge in [-0.25, -0.2) is 4.79 Å². The van der Waals surface area contributed by atoms with Crippen molar-refractivity contribution in [2.75, 3.05) is 12.4 Å². The van der Waals surface area contributed by atoms with Gasteiger partial charge in [-0.2, -0.15) is 0 Å². The topological polar surface area (TPSA) is 70.6 Å². The van der Waals surface area contributed by atoms with Gasteiger partial charge in [0.25, 0.3) is 0 Å². The molecule has 100 valence electrons. The van der Waals surface area contributed by atoms with Gasteiger partial charge in [0.2, 0.25) is 0 Å². The molecule has 0 saturated heterocycles. The molecule has 3 N–H and O–H groups in total. The first-order valence-corrected chi connectivity index (χ1v) is 5.77. The highest BCUT2D eigenvalue weighted by Crippen LogP contribution is 2.23. The van der Waals surface area contributed by atoms with Crippen LogP contribution in [0.2, 0.25) is 0 Å². The van der Waals surface area contributed by atoms with Gasteiger partial charge in [0.15, 0.2) is 0 Å². The number of para-hydroxylation sites is 2. The summed E-state index contributed by atoms with van der Waals surface area (Å²) in [5, 5.41) is 14.9. The second-order valence-electron chi connectivity index (χ2n) is 4.68. The van der Waals surface area contributed by atoms with Crippen LogP contribution in [0.1, 0.15) is 20.8 Å². The van der Waals surface area contributed by atoms with E-state index in [0.29, 0.717) is 11.4 Å². The Labute approximate surface area is 107 Å². The van der Waals surface area contributed by atoms with Crippen LogP contribution in [0.3, 0.4) is 0 Å². The lowest BCUT2D eigenvalue weighted by molar-refractivity contribution is 0.103. The molecule has 0 aliphatic rings. The molecule has 0 aromatic heterocycles. The molecule has 5 nitrogen and oxygen atoms in total. The fraction of sp³-hybridized carbons (Fsp3) is 0.462. The Balaban J connectivity index is 2.71. The molecular weight excluding hydrogens is 232 g/mol. The highest BCUT2D eigenvalue weighted by molar-refractivity contribution is 5.91. The Morgan fingerprint density at radius 1 is 1.39 bits per heavy atom. The maximum Gasteiger partial charge on any atom is 0.319 e. The predicted octanol–water partition coefficient (Wildman–Crippen LogP) is 1.98. The van der Waals surface area contributed by atoms with Crippen LogP contribution < -0.4 is 15.4 Å². The number of hydrogen-bond acceptors (Lipinski definition) is 3. The predicted molar refractivity (Wildman–Crippen MR) is 70.9 cm³/mol. The van der Waals surface area contributed by atoms with E-state index in [9.17, 15) is 9.90 Å². The number of amides is 2. The van der Waals surface area contributed by atoms with Gasteiger partial charge in [0.1, 0.15) is 5.75 Å². The summed E-state index contributed by atoms with van der Waals surface area (Å²) in [4.78, 5) is 11.8. The first-order chi connectivity index (χ1) is 8.36. The minimum atomic E-state index is -0.702. The second-order valence-corrected chi connectivity index (χ2v) is 4.68. The third-order valence-corrected chi connectivity index (χ3v) is 2.84. The van der Waals surface area contributed by atoms with E-state index in [1.807, 2.05) is 6.07 Å². The lowest BCUT2D eigenvalue weighted by Crippen LogP contribution is -2.52. The van der Waals surface area contributed by atoms with Crippen LogP contribution in [0, 0.1) is 0 Å². The van der Waals surface area contributed by atoms with E-state index in [-0.39, 0.29) is 6.03 Å². The fourth-order valence-electron chi connectivity index (χ4n) is 1.30. The van der Waals surface area contributed by atoms with Gasteiger partial charge in [-0.1, -0.05) is 12.1 Å². The van der Waals surface area contributed by atoms with E-state index in [2.05, 4.69) is 10.6 Å². The number of hydrogen-bond donors (Lipinski definition) is 3. The van der Waals surface area contributed by atoms with E-state index in [1.54, 1.807) is 39.0 Å². The van der Waals surface area contributed by atoms with Crippen LogP contribution in [0.25, 0.3) is 0 Å². The van der Waals surface area contributed by atoms with E-state index < -0.39 is 11.6 Å². The largest absolute Gasteiger partial charge is 0.495 e. The second kappa shape index (κ2) is 5.73. The molecular formula is C13H20N2O3. The van der Waals surface area contributed by atoms with Crippen molar-refractivity contribution < 1.29 is 14.6 Å². The lowest BCUT2D eigenvalue weighted by atomic mass is 9.99. The molecule has 1 rings (SSSR count). The summed E-state index contributed by atoms with van der Waals surface area (Å²) in [6, 6.07) is 6.74. The Bertz CT molecular complexity index is 416. The molecule has 18 heavy (non-hydrogen) atoms. The average molecular weight is 252 g/mol. The van der Waals surface area contributed by atoms with E-state index in [1.165, 1.54) is 7.11 Å². The van der Waals surface area contributed by atoms with Crippen LogP contribution in [-0.4, -0.2) is 29.9 Å². The molecule has 0 bridgehead atoms. The third kappa shape index (κ3) is 3.63. The van der Waals surface area contributed by atoms with Crippen molar-refractivity contribution in [2.45, 2.75) is 32.4 Å². The van der Waals surface area contributed by atoms with Crippen molar-refractivity contribution in [1.29, 1.82) is 0 Å². The minimum Gasteiger partial charge on any atom is -0.495 e. The van der Waals surface area contributed by atoms with Crippen molar-refractivity contribution in [1.82, 2.24) is 5.32 Å². The molecule has 0 fully saturated rings. The number of anilines is 1. The number of nitrogens with one attached hydrogen (secondary N) is 2. The molecule has 1 aromatic rings. The monoisotopic (exact) mass is 252 g/mol. The van der Waals surface area contributed by atoms with Gasteiger partial charge >= 0.3 is 6.03 Å². The van der Waals surface area contributed by atoms with Crippen molar-refractivity contribution in [2.24, 2.45) is 0 Å². The Morgan fingerprint density at radius 2 is 2.00 bits per heavy atom. The number of ether oxygens (including phenoxy) is 1. The maximum absolute atomic E-state index is 11.8. The summed E-state index contributed by atoms with van der Waals surface area (Å²) in [5.74, 6) is 0.586. The third-order valence-electron chi connectivity index (χ3n) is 2.84. The normalized spacial score (nSPS) is 12.7. The van der Waals surface area contributed by atoms with Gasteiger partial charge in [0.05, 0.1) is 24.4 Å². The number of benzene rings is 1. The SMILES string of the molecule is COc1ccccc1NC(=O)NC(C)(C)C(C)O. The lowest BCUT2D eigenvalue weighted by Gasteiger charge is -2.29. The molecule has 0 aliphatic carbocycles. The molecule has 2 amide bonds. The summed E-state index contributed by atoms with van der Waals surface area (Å²) in [7, 11) is 1.54. The van der Waals surface area contributed by atoms with Crippen LogP contribution in [0.5, 0.6) is 5.75 Å². The zero-order valence-corrected chi connectivity index (χ0v) is 11.2. The summed E-state index contributed by atoms with van der Waals surface area (Å²) >= 11 is 0. The van der Waals surface area contributed by atoms with E-state index in [4.69, 9.17) is 4.74 Å². The molecule has 0 aliphatic heterocycles. The Hall–Kier alpha value is -1.75. The van der Waals surface area contributed by atoms with Crippen LogP contribution in [-0.2, 0) is 0 Å². The number of aliphatic hydroxyl groups excluding tert-OH is 1. The van der Waals surface area contributed by atoms with Crippen molar-refractivity contribution >= 4 is 11.7 Å². The number of methoxy groups -OCH3 is 1. The molecule has 1 unspecified atom stereocenters. The summed E-state index contributed by atoms with van der Waals surface area (Å²) in [6.07, 6.45) is -0.652. The fourth-order valence-corrected chi connectivity index (χ4v) is 1.30. The maximum atomic E-state index is 11.8. The number of urea groups is 1. The number of carbonyl (C=O) groups excluding carboxylic acids is 1. The molecule has 5 heteroatoms. The highest BCUT2D eigenvalue weighted by Gasteiger charge is 2.26. The smallest absolute Gasteiger partial charge is 0.319 e. The zero-order valence-electron chi connectivity index (χ0n) is 11.2. The van der Waals surface area contributed by atoms with Crippen molar-refractivity contribution in [3.8, 4) is 5.75 Å². The van der Waals surface area contributed by atoms with Gasteiger partial charge < -0.3 is 20.5 Å². The first kappa shape index (κ1) is 14.3. The van der Waals surface area contributed by atoms with Gasteiger partial charge in [-0.3, -0.25) is 0 Å². The number of aliphatic hydroxyl groups is 1. The van der Waals surface area contributed by atoms with Gasteiger partial charge in [0, 0.05) is 0 Å². The van der Waals surface area contributed by atoms with Gasteiger partial charge in [-0.15, -0.1) is 0 Å².